The zero-order chi connectivity index (χ0) is 34.4. The molecule has 0 amide bonds. The van der Waals surface area contributed by atoms with Crippen molar-refractivity contribution in [3.63, 3.8) is 0 Å². The molecule has 0 atom stereocenters. The highest BCUT2D eigenvalue weighted by Crippen LogP contribution is 2.41. The molecule has 0 unspecified atom stereocenters. The number of benzene rings is 7. The first-order valence-electron chi connectivity index (χ1n) is 17.1. The van der Waals surface area contributed by atoms with Crippen molar-refractivity contribution in [1.29, 1.82) is 0 Å². The normalized spacial score (nSPS) is 11.5. The average Bonchev–Trinajstić information content (AvgIpc) is 3.83. The van der Waals surface area contributed by atoms with E-state index in [0.717, 1.165) is 81.7 Å². The predicted molar refractivity (Wildman–Crippen MR) is 213 cm³/mol. The number of fused-ring (bicyclic) bond motifs is 5. The van der Waals surface area contributed by atoms with E-state index in [1.807, 2.05) is 60.7 Å². The van der Waals surface area contributed by atoms with Crippen molar-refractivity contribution in [1.82, 2.24) is 19.9 Å². The highest BCUT2D eigenvalue weighted by Gasteiger charge is 2.19. The molecule has 3 heterocycles. The van der Waals surface area contributed by atoms with Gasteiger partial charge in [0.2, 0.25) is 0 Å². The summed E-state index contributed by atoms with van der Waals surface area (Å²) in [5.74, 6) is 1.84. The van der Waals surface area contributed by atoms with Gasteiger partial charge in [0.05, 0.1) is 15.6 Å². The van der Waals surface area contributed by atoms with E-state index < -0.39 is 0 Å². The smallest absolute Gasteiger partial charge is 0.164 e. The summed E-state index contributed by atoms with van der Waals surface area (Å²) in [6.45, 7) is 0. The highest BCUT2D eigenvalue weighted by atomic mass is 32.1. The van der Waals surface area contributed by atoms with Crippen LogP contribution >= 0.6 is 11.3 Å². The Hall–Kier alpha value is -6.76. The standard InChI is InChI=1S/C46H28N4OS/c1-4-13-29(14-5-1)32-19-12-20-34(27-32)44-48-43(30-15-6-2-7-16-30)49-45(50-44)36-22-11-10-21-35(36)33-23-24-37-39(28-33)51-38-25-26-40-42(41(37)38)47-46(52-40)31-17-8-3-9-18-31/h1-28H. The maximum atomic E-state index is 6.51. The van der Waals surface area contributed by atoms with Crippen molar-refractivity contribution in [2.24, 2.45) is 0 Å². The van der Waals surface area contributed by atoms with E-state index in [-0.39, 0.29) is 0 Å². The molecule has 0 radical (unpaired) electrons. The van der Waals surface area contributed by atoms with Gasteiger partial charge < -0.3 is 4.42 Å². The Morgan fingerprint density at radius 1 is 0.385 bits per heavy atom. The Kier molecular flexibility index (Phi) is 7.25. The molecule has 0 N–H and O–H groups in total. The van der Waals surface area contributed by atoms with Crippen LogP contribution in [0.2, 0.25) is 0 Å². The van der Waals surface area contributed by atoms with Crippen LogP contribution in [0.1, 0.15) is 0 Å². The summed E-state index contributed by atoms with van der Waals surface area (Å²) in [6.07, 6.45) is 0. The summed E-state index contributed by atoms with van der Waals surface area (Å²) in [7, 11) is 0. The third kappa shape index (κ3) is 5.34. The van der Waals surface area contributed by atoms with Gasteiger partial charge in [0.25, 0.3) is 0 Å². The fourth-order valence-electron chi connectivity index (χ4n) is 6.86. The van der Waals surface area contributed by atoms with Gasteiger partial charge in [-0.05, 0) is 52.6 Å². The van der Waals surface area contributed by atoms with E-state index in [4.69, 9.17) is 24.4 Å². The van der Waals surface area contributed by atoms with E-state index in [1.165, 1.54) is 0 Å². The highest BCUT2D eigenvalue weighted by molar-refractivity contribution is 7.21. The van der Waals surface area contributed by atoms with Gasteiger partial charge in [0.1, 0.15) is 16.2 Å². The number of hydrogen-bond acceptors (Lipinski definition) is 6. The molecule has 3 aromatic heterocycles. The van der Waals surface area contributed by atoms with Crippen LogP contribution < -0.4 is 0 Å². The Bertz CT molecular complexity index is 2900. The minimum Gasteiger partial charge on any atom is -0.456 e. The molecule has 0 fully saturated rings. The molecule has 0 saturated heterocycles. The third-order valence-electron chi connectivity index (χ3n) is 9.39. The van der Waals surface area contributed by atoms with E-state index in [0.29, 0.717) is 17.5 Å². The van der Waals surface area contributed by atoms with Gasteiger partial charge in [-0.3, -0.25) is 0 Å². The molecule has 7 aromatic carbocycles. The summed E-state index contributed by atoms with van der Waals surface area (Å²) in [6, 6.07) is 58.0. The summed E-state index contributed by atoms with van der Waals surface area (Å²) < 4.78 is 7.64. The maximum Gasteiger partial charge on any atom is 0.164 e. The van der Waals surface area contributed by atoms with Crippen LogP contribution in [0.15, 0.2) is 174 Å². The van der Waals surface area contributed by atoms with E-state index in [1.54, 1.807) is 11.3 Å². The molecule has 10 aromatic rings. The average molecular weight is 685 g/mol. The Labute approximate surface area is 303 Å². The predicted octanol–water partition coefficient (Wildman–Crippen LogP) is 12.4. The number of nitrogens with zero attached hydrogens (tertiary/aromatic N) is 4. The Morgan fingerprint density at radius 3 is 1.77 bits per heavy atom. The Balaban J connectivity index is 1.11. The van der Waals surface area contributed by atoms with Gasteiger partial charge in [0, 0.05) is 27.6 Å². The second-order valence-electron chi connectivity index (χ2n) is 12.6. The zero-order valence-corrected chi connectivity index (χ0v) is 28.6. The van der Waals surface area contributed by atoms with Crippen molar-refractivity contribution in [3.8, 4) is 67.0 Å². The lowest BCUT2D eigenvalue weighted by Crippen LogP contribution is -2.01. The quantitative estimate of drug-likeness (QED) is 0.174. The molecule has 6 heteroatoms. The molecule has 0 saturated carbocycles. The van der Waals surface area contributed by atoms with Crippen LogP contribution in [0.4, 0.5) is 0 Å². The fourth-order valence-corrected chi connectivity index (χ4v) is 7.84. The number of thiazole rings is 1. The van der Waals surface area contributed by atoms with Crippen molar-refractivity contribution >= 4 is 43.5 Å². The van der Waals surface area contributed by atoms with Gasteiger partial charge in [-0.15, -0.1) is 11.3 Å². The van der Waals surface area contributed by atoms with Crippen molar-refractivity contribution in [2.45, 2.75) is 0 Å². The van der Waals surface area contributed by atoms with Crippen molar-refractivity contribution in [3.05, 3.63) is 170 Å². The lowest BCUT2D eigenvalue weighted by Gasteiger charge is -2.12. The van der Waals surface area contributed by atoms with Crippen LogP contribution in [0.25, 0.3) is 99.1 Å². The third-order valence-corrected chi connectivity index (χ3v) is 10.5. The van der Waals surface area contributed by atoms with Crippen molar-refractivity contribution in [2.75, 3.05) is 0 Å². The van der Waals surface area contributed by atoms with E-state index in [9.17, 15) is 0 Å². The van der Waals surface area contributed by atoms with Gasteiger partial charge in [-0.25, -0.2) is 19.9 Å². The minimum atomic E-state index is 0.604. The number of aromatic nitrogens is 4. The van der Waals surface area contributed by atoms with Crippen LogP contribution in [0, 0.1) is 0 Å². The van der Waals surface area contributed by atoms with E-state index >= 15 is 0 Å². The van der Waals surface area contributed by atoms with Crippen LogP contribution in [-0.2, 0) is 0 Å². The summed E-state index contributed by atoms with van der Waals surface area (Å²) in [5.41, 5.74) is 10.7. The molecule has 0 aliphatic rings. The monoisotopic (exact) mass is 684 g/mol. The second-order valence-corrected chi connectivity index (χ2v) is 13.7. The molecule has 0 aliphatic heterocycles. The number of rotatable bonds is 6. The Morgan fingerprint density at radius 2 is 1.00 bits per heavy atom. The minimum absolute atomic E-state index is 0.604. The maximum absolute atomic E-state index is 6.51. The second kappa shape index (κ2) is 12.5. The SMILES string of the molecule is c1ccc(-c2cccc(-c3nc(-c4ccccc4)nc(-c4ccccc4-c4ccc5c(c4)oc4ccc6sc(-c7ccccc7)nc6c45)n3)c2)cc1. The lowest BCUT2D eigenvalue weighted by atomic mass is 9.97. The van der Waals surface area contributed by atoms with Crippen LogP contribution in [-0.4, -0.2) is 19.9 Å². The molecule has 244 valence electrons. The van der Waals surface area contributed by atoms with Crippen LogP contribution in [0.5, 0.6) is 0 Å². The molecule has 52 heavy (non-hydrogen) atoms. The summed E-state index contributed by atoms with van der Waals surface area (Å²) >= 11 is 1.70. The summed E-state index contributed by atoms with van der Waals surface area (Å²) in [4.78, 5) is 20.3. The van der Waals surface area contributed by atoms with Gasteiger partial charge in [-0.1, -0.05) is 140 Å². The molecular weight excluding hydrogens is 657 g/mol. The molecule has 0 aliphatic carbocycles. The van der Waals surface area contributed by atoms with Crippen molar-refractivity contribution < 1.29 is 4.42 Å². The fraction of sp³-hybridized carbons (Fsp3) is 0. The van der Waals surface area contributed by atoms with Gasteiger partial charge >= 0.3 is 0 Å². The van der Waals surface area contributed by atoms with Crippen LogP contribution in [0.3, 0.4) is 0 Å². The largest absolute Gasteiger partial charge is 0.456 e. The molecule has 10 rings (SSSR count). The molecule has 5 nitrogen and oxygen atoms in total. The van der Waals surface area contributed by atoms with Gasteiger partial charge in [0.15, 0.2) is 17.5 Å². The summed E-state index contributed by atoms with van der Waals surface area (Å²) in [5, 5.41) is 3.08. The molecule has 0 bridgehead atoms. The molecule has 0 spiro atoms. The zero-order valence-electron chi connectivity index (χ0n) is 27.8. The molecular formula is C46H28N4OS. The first-order valence-corrected chi connectivity index (χ1v) is 18.0. The first kappa shape index (κ1) is 30.1. The first-order chi connectivity index (χ1) is 25.7. The lowest BCUT2D eigenvalue weighted by molar-refractivity contribution is 0.669. The topological polar surface area (TPSA) is 64.7 Å². The number of hydrogen-bond donors (Lipinski definition) is 0. The van der Waals surface area contributed by atoms with Gasteiger partial charge in [-0.2, -0.15) is 0 Å². The van der Waals surface area contributed by atoms with E-state index in [2.05, 4.69) is 109 Å². The number of furan rings is 1.